The Hall–Kier alpha value is -1.79. The fourth-order valence-corrected chi connectivity index (χ4v) is 2.51. The number of aliphatic hydroxyl groups is 1. The standard InChI is InChI=1S/C19H22ClF3N4O2.HI/c1-2-24-18(25-10-9-13-3-8-17(20)26-11-13)27-12-16(28)14-4-6-15(7-5-14)29-19(21,22)23;/h3-8,11,16,28H,2,9-10,12H2,1H3,(H2,24,25,27);1H. The Balaban J connectivity index is 0.00000450. The molecule has 1 aromatic carbocycles. The van der Waals surface area contributed by atoms with Crippen LogP contribution in [0.25, 0.3) is 0 Å². The van der Waals surface area contributed by atoms with Crippen molar-refractivity contribution >= 4 is 41.5 Å². The van der Waals surface area contributed by atoms with Gasteiger partial charge in [-0.25, -0.2) is 4.98 Å². The molecule has 0 radical (unpaired) electrons. The predicted molar refractivity (Wildman–Crippen MR) is 120 cm³/mol. The lowest BCUT2D eigenvalue weighted by Crippen LogP contribution is -2.38. The number of guanidine groups is 1. The highest BCUT2D eigenvalue weighted by atomic mass is 127. The lowest BCUT2D eigenvalue weighted by atomic mass is 10.1. The van der Waals surface area contributed by atoms with Crippen molar-refractivity contribution < 1.29 is 23.0 Å². The lowest BCUT2D eigenvalue weighted by Gasteiger charge is -2.14. The summed E-state index contributed by atoms with van der Waals surface area (Å²) in [6, 6.07) is 8.65. The summed E-state index contributed by atoms with van der Waals surface area (Å²) in [5.74, 6) is 0.175. The molecule has 0 saturated carbocycles. The average molecular weight is 559 g/mol. The molecule has 0 aliphatic rings. The SMILES string of the molecule is CCNC(=NCC(O)c1ccc(OC(F)(F)F)cc1)NCCc1ccc(Cl)nc1.I. The van der Waals surface area contributed by atoms with Crippen LogP contribution in [0.3, 0.4) is 0 Å². The van der Waals surface area contributed by atoms with E-state index in [1.54, 1.807) is 12.3 Å². The maximum absolute atomic E-state index is 12.2. The summed E-state index contributed by atoms with van der Waals surface area (Å²) in [6.07, 6.45) is -3.31. The van der Waals surface area contributed by atoms with Gasteiger partial charge in [-0.2, -0.15) is 0 Å². The fourth-order valence-electron chi connectivity index (χ4n) is 2.40. The molecule has 0 spiro atoms. The van der Waals surface area contributed by atoms with Gasteiger partial charge in [-0.1, -0.05) is 29.8 Å². The highest BCUT2D eigenvalue weighted by Crippen LogP contribution is 2.24. The van der Waals surface area contributed by atoms with Crippen LogP contribution in [-0.4, -0.2) is 42.0 Å². The molecule has 3 N–H and O–H groups in total. The van der Waals surface area contributed by atoms with Crippen molar-refractivity contribution in [1.82, 2.24) is 15.6 Å². The van der Waals surface area contributed by atoms with Crippen LogP contribution in [0.15, 0.2) is 47.6 Å². The molecule has 11 heteroatoms. The first-order valence-corrected chi connectivity index (χ1v) is 9.31. The van der Waals surface area contributed by atoms with Crippen molar-refractivity contribution in [2.24, 2.45) is 4.99 Å². The number of aromatic nitrogens is 1. The topological polar surface area (TPSA) is 78.8 Å². The van der Waals surface area contributed by atoms with E-state index in [4.69, 9.17) is 11.6 Å². The number of hydrogen-bond acceptors (Lipinski definition) is 4. The Morgan fingerprint density at radius 1 is 1.20 bits per heavy atom. The quantitative estimate of drug-likeness (QED) is 0.197. The number of alkyl halides is 3. The number of halogens is 5. The second-order valence-corrected chi connectivity index (χ2v) is 6.41. The molecule has 0 saturated heterocycles. The smallest absolute Gasteiger partial charge is 0.406 e. The van der Waals surface area contributed by atoms with Crippen molar-refractivity contribution in [3.05, 3.63) is 58.9 Å². The zero-order valence-corrected chi connectivity index (χ0v) is 19.2. The molecule has 0 fully saturated rings. The number of hydrogen-bond donors (Lipinski definition) is 3. The average Bonchev–Trinajstić information content (AvgIpc) is 2.66. The maximum atomic E-state index is 12.2. The molecular weight excluding hydrogens is 536 g/mol. The van der Waals surface area contributed by atoms with Crippen LogP contribution in [0.5, 0.6) is 5.75 Å². The highest BCUT2D eigenvalue weighted by molar-refractivity contribution is 14.0. The number of pyridine rings is 1. The molecule has 30 heavy (non-hydrogen) atoms. The van der Waals surface area contributed by atoms with E-state index in [2.05, 4.69) is 25.3 Å². The molecule has 6 nitrogen and oxygen atoms in total. The molecule has 1 heterocycles. The van der Waals surface area contributed by atoms with Gasteiger partial charge >= 0.3 is 6.36 Å². The van der Waals surface area contributed by atoms with Crippen LogP contribution in [0.4, 0.5) is 13.2 Å². The minimum Gasteiger partial charge on any atom is -0.406 e. The first-order chi connectivity index (χ1) is 13.8. The van der Waals surface area contributed by atoms with E-state index in [1.165, 1.54) is 12.1 Å². The molecule has 166 valence electrons. The minimum atomic E-state index is -4.75. The minimum absolute atomic E-state index is 0. The van der Waals surface area contributed by atoms with Gasteiger partial charge in [0, 0.05) is 19.3 Å². The van der Waals surface area contributed by atoms with E-state index in [-0.39, 0.29) is 36.3 Å². The zero-order chi connectivity index (χ0) is 21.3. The highest BCUT2D eigenvalue weighted by Gasteiger charge is 2.31. The Kier molecular flexibility index (Phi) is 11.2. The van der Waals surface area contributed by atoms with Crippen LogP contribution in [0.2, 0.25) is 5.15 Å². The number of nitrogens with one attached hydrogen (secondary N) is 2. The number of aliphatic hydroxyl groups excluding tert-OH is 1. The van der Waals surface area contributed by atoms with Gasteiger partial charge in [0.1, 0.15) is 10.9 Å². The summed E-state index contributed by atoms with van der Waals surface area (Å²) in [4.78, 5) is 8.33. The van der Waals surface area contributed by atoms with E-state index < -0.39 is 12.5 Å². The van der Waals surface area contributed by atoms with Gasteiger partial charge in [-0.3, -0.25) is 4.99 Å². The van der Waals surface area contributed by atoms with Crippen LogP contribution in [-0.2, 0) is 6.42 Å². The van der Waals surface area contributed by atoms with Crippen LogP contribution < -0.4 is 15.4 Å². The molecule has 1 unspecified atom stereocenters. The molecule has 0 aliphatic heterocycles. The van der Waals surface area contributed by atoms with E-state index in [0.717, 1.165) is 17.7 Å². The first kappa shape index (κ1) is 26.2. The fraction of sp³-hybridized carbons (Fsp3) is 0.368. The second-order valence-electron chi connectivity index (χ2n) is 6.02. The summed E-state index contributed by atoms with van der Waals surface area (Å²) in [7, 11) is 0. The van der Waals surface area contributed by atoms with Crippen molar-refractivity contribution in [3.63, 3.8) is 0 Å². The number of aliphatic imine (C=N–C) groups is 1. The Morgan fingerprint density at radius 3 is 2.47 bits per heavy atom. The predicted octanol–water partition coefficient (Wildman–Crippen LogP) is 4.08. The van der Waals surface area contributed by atoms with Crippen molar-refractivity contribution in [3.8, 4) is 5.75 Å². The van der Waals surface area contributed by atoms with Crippen molar-refractivity contribution in [2.75, 3.05) is 19.6 Å². The van der Waals surface area contributed by atoms with E-state index in [0.29, 0.717) is 36.2 Å². The Labute approximate surface area is 194 Å². The maximum Gasteiger partial charge on any atom is 0.573 e. The third kappa shape index (κ3) is 9.81. The van der Waals surface area contributed by atoms with Gasteiger partial charge in [-0.05, 0) is 42.7 Å². The summed E-state index contributed by atoms with van der Waals surface area (Å²) in [6.45, 7) is 3.18. The van der Waals surface area contributed by atoms with E-state index in [9.17, 15) is 18.3 Å². The normalized spacial score (nSPS) is 12.7. The van der Waals surface area contributed by atoms with Crippen molar-refractivity contribution in [1.29, 1.82) is 0 Å². The molecule has 0 bridgehead atoms. The van der Waals surface area contributed by atoms with Gasteiger partial charge in [0.25, 0.3) is 0 Å². The Bertz CT molecular complexity index is 790. The third-order valence-corrected chi connectivity index (χ3v) is 3.98. The monoisotopic (exact) mass is 558 g/mol. The summed E-state index contributed by atoms with van der Waals surface area (Å²) in [5, 5.41) is 16.9. The lowest BCUT2D eigenvalue weighted by molar-refractivity contribution is -0.274. The summed E-state index contributed by atoms with van der Waals surface area (Å²) < 4.78 is 40.4. The van der Waals surface area contributed by atoms with E-state index >= 15 is 0 Å². The number of ether oxygens (including phenoxy) is 1. The summed E-state index contributed by atoms with van der Waals surface area (Å²) in [5.41, 5.74) is 1.45. The third-order valence-electron chi connectivity index (χ3n) is 3.76. The molecule has 0 amide bonds. The van der Waals surface area contributed by atoms with E-state index in [1.807, 2.05) is 13.0 Å². The van der Waals surface area contributed by atoms with Crippen LogP contribution in [0, 0.1) is 0 Å². The molecule has 2 aromatic rings. The van der Waals surface area contributed by atoms with Gasteiger partial charge in [0.15, 0.2) is 5.96 Å². The molecule has 2 rings (SSSR count). The van der Waals surface area contributed by atoms with Gasteiger partial charge < -0.3 is 20.5 Å². The number of nitrogens with zero attached hydrogens (tertiary/aromatic N) is 2. The van der Waals surface area contributed by atoms with Gasteiger partial charge in [0.2, 0.25) is 0 Å². The Morgan fingerprint density at radius 2 is 1.90 bits per heavy atom. The van der Waals surface area contributed by atoms with Gasteiger partial charge in [-0.15, -0.1) is 37.1 Å². The summed E-state index contributed by atoms with van der Waals surface area (Å²) >= 11 is 5.76. The molecular formula is C19H23ClF3IN4O2. The first-order valence-electron chi connectivity index (χ1n) is 8.93. The number of rotatable bonds is 8. The zero-order valence-electron chi connectivity index (χ0n) is 16.1. The molecule has 0 aliphatic carbocycles. The second kappa shape index (κ2) is 12.8. The number of benzene rings is 1. The largest absolute Gasteiger partial charge is 0.573 e. The van der Waals surface area contributed by atoms with Crippen LogP contribution >= 0.6 is 35.6 Å². The van der Waals surface area contributed by atoms with Gasteiger partial charge in [0.05, 0.1) is 12.6 Å². The van der Waals surface area contributed by atoms with Crippen molar-refractivity contribution in [2.45, 2.75) is 25.8 Å². The molecule has 1 aromatic heterocycles. The molecule has 1 atom stereocenters. The van der Waals surface area contributed by atoms with Crippen LogP contribution in [0.1, 0.15) is 24.2 Å².